The fraction of sp³-hybridized carbons (Fsp3) is 0.400. The zero-order valence-electron chi connectivity index (χ0n) is 7.49. The molecule has 0 spiro atoms. The highest BCUT2D eigenvalue weighted by molar-refractivity contribution is 5.91. The van der Waals surface area contributed by atoms with Gasteiger partial charge in [0.15, 0.2) is 0 Å². The number of ether oxygens (including phenoxy) is 1. The number of nitrogens with zero attached hydrogens (tertiary/aromatic N) is 1. The summed E-state index contributed by atoms with van der Waals surface area (Å²) in [7, 11) is 1.35. The number of carbonyl (C=O) groups excluding carboxylic acids is 1. The first-order chi connectivity index (χ1) is 6.27. The molecule has 1 rings (SSSR count). The van der Waals surface area contributed by atoms with Gasteiger partial charge in [0.05, 0.1) is 24.7 Å². The third-order valence-corrected chi connectivity index (χ3v) is 1.94. The van der Waals surface area contributed by atoms with Gasteiger partial charge in [-0.3, -0.25) is 0 Å². The van der Waals surface area contributed by atoms with Crippen LogP contribution in [0.1, 0.15) is 12.8 Å². The molecule has 0 aliphatic heterocycles. The molecular formula is C10H11NO2. The molecule has 0 heterocycles. The van der Waals surface area contributed by atoms with Crippen molar-refractivity contribution in [3.05, 3.63) is 23.8 Å². The van der Waals surface area contributed by atoms with Crippen molar-refractivity contribution in [2.75, 3.05) is 7.11 Å². The summed E-state index contributed by atoms with van der Waals surface area (Å²) in [4.78, 5) is 11.1. The molecule has 0 amide bonds. The van der Waals surface area contributed by atoms with E-state index in [0.29, 0.717) is 18.4 Å². The predicted octanol–water partition coefficient (Wildman–Crippen LogP) is 1.58. The van der Waals surface area contributed by atoms with Crippen molar-refractivity contribution >= 4 is 5.97 Å². The molecule has 1 aliphatic rings. The number of hydrogen-bond donors (Lipinski definition) is 0. The molecule has 0 bridgehead atoms. The van der Waals surface area contributed by atoms with E-state index in [1.807, 2.05) is 6.08 Å². The van der Waals surface area contributed by atoms with Gasteiger partial charge in [-0.2, -0.15) is 5.26 Å². The topological polar surface area (TPSA) is 50.1 Å². The van der Waals surface area contributed by atoms with Crippen LogP contribution in [0.25, 0.3) is 0 Å². The van der Waals surface area contributed by atoms with Crippen LogP contribution in [0.4, 0.5) is 0 Å². The maximum atomic E-state index is 11.1. The molecule has 3 heteroatoms. The Kier molecular flexibility index (Phi) is 3.27. The molecule has 1 atom stereocenters. The average molecular weight is 177 g/mol. The molecular weight excluding hydrogens is 166 g/mol. The molecule has 0 aromatic rings. The molecule has 3 nitrogen and oxygen atoms in total. The molecule has 0 aromatic carbocycles. The van der Waals surface area contributed by atoms with Gasteiger partial charge in [0, 0.05) is 0 Å². The van der Waals surface area contributed by atoms with Gasteiger partial charge in [-0.15, -0.1) is 0 Å². The average Bonchev–Trinajstić information content (AvgIpc) is 2.41. The summed E-state index contributed by atoms with van der Waals surface area (Å²) >= 11 is 0. The van der Waals surface area contributed by atoms with Crippen molar-refractivity contribution in [2.24, 2.45) is 5.92 Å². The number of allylic oxidation sites excluding steroid dienone is 2. The summed E-state index contributed by atoms with van der Waals surface area (Å²) in [6.07, 6.45) is 6.62. The molecule has 13 heavy (non-hydrogen) atoms. The zero-order chi connectivity index (χ0) is 9.68. The lowest BCUT2D eigenvalue weighted by Gasteiger charge is -1.98. The van der Waals surface area contributed by atoms with Gasteiger partial charge in [0.25, 0.3) is 0 Å². The predicted molar refractivity (Wildman–Crippen MR) is 47.6 cm³/mol. The molecule has 1 unspecified atom stereocenters. The van der Waals surface area contributed by atoms with Crippen LogP contribution in [0.5, 0.6) is 0 Å². The maximum absolute atomic E-state index is 11.1. The first-order valence-electron chi connectivity index (χ1n) is 4.12. The van der Waals surface area contributed by atoms with E-state index in [-0.39, 0.29) is 11.9 Å². The number of esters is 1. The Labute approximate surface area is 77.3 Å². The Morgan fingerprint density at radius 1 is 1.69 bits per heavy atom. The van der Waals surface area contributed by atoms with Crippen molar-refractivity contribution in [1.82, 2.24) is 0 Å². The molecule has 0 radical (unpaired) electrons. The van der Waals surface area contributed by atoms with Crippen molar-refractivity contribution in [3.63, 3.8) is 0 Å². The van der Waals surface area contributed by atoms with Gasteiger partial charge in [-0.05, 0) is 12.8 Å². The van der Waals surface area contributed by atoms with E-state index < -0.39 is 0 Å². The minimum absolute atomic E-state index is 0.0154. The van der Waals surface area contributed by atoms with Gasteiger partial charge >= 0.3 is 5.97 Å². The highest BCUT2D eigenvalue weighted by atomic mass is 16.5. The van der Waals surface area contributed by atoms with Crippen LogP contribution in [0.3, 0.4) is 0 Å². The fourth-order valence-electron chi connectivity index (χ4n) is 1.17. The van der Waals surface area contributed by atoms with Crippen LogP contribution in [0, 0.1) is 17.2 Å². The lowest BCUT2D eigenvalue weighted by atomic mass is 10.0. The van der Waals surface area contributed by atoms with Crippen LogP contribution in [-0.2, 0) is 9.53 Å². The molecule has 1 aliphatic carbocycles. The first kappa shape index (κ1) is 9.53. The lowest BCUT2D eigenvalue weighted by Crippen LogP contribution is -2.02. The Hall–Kier alpha value is -1.56. The summed E-state index contributed by atoms with van der Waals surface area (Å²) in [5.41, 5.74) is 0.542. The van der Waals surface area contributed by atoms with Crippen molar-refractivity contribution in [2.45, 2.75) is 12.8 Å². The standard InChI is InChI=1S/C10H11NO2/c1-13-10(12)9-4-2-3-8(7-11)5-6-9/h2,4,6,8H,3,5H2,1H3. The molecule has 0 saturated carbocycles. The third kappa shape index (κ3) is 2.45. The van der Waals surface area contributed by atoms with Crippen LogP contribution < -0.4 is 0 Å². The van der Waals surface area contributed by atoms with E-state index in [9.17, 15) is 4.79 Å². The first-order valence-corrected chi connectivity index (χ1v) is 4.12. The van der Waals surface area contributed by atoms with Crippen LogP contribution in [-0.4, -0.2) is 13.1 Å². The molecule has 0 N–H and O–H groups in total. The smallest absolute Gasteiger partial charge is 0.337 e. The van der Waals surface area contributed by atoms with Crippen LogP contribution in [0.15, 0.2) is 23.8 Å². The van der Waals surface area contributed by atoms with E-state index in [4.69, 9.17) is 5.26 Å². The minimum atomic E-state index is -0.338. The van der Waals surface area contributed by atoms with Crippen molar-refractivity contribution in [1.29, 1.82) is 5.26 Å². The number of carbonyl (C=O) groups is 1. The largest absolute Gasteiger partial charge is 0.465 e. The second kappa shape index (κ2) is 4.46. The number of nitriles is 1. The summed E-state index contributed by atoms with van der Waals surface area (Å²) < 4.78 is 4.57. The fourth-order valence-corrected chi connectivity index (χ4v) is 1.17. The van der Waals surface area contributed by atoms with E-state index in [0.717, 1.165) is 0 Å². The molecule has 0 aromatic heterocycles. The Bertz CT molecular complexity index is 297. The van der Waals surface area contributed by atoms with Gasteiger partial charge < -0.3 is 4.74 Å². The number of hydrogen-bond acceptors (Lipinski definition) is 3. The zero-order valence-corrected chi connectivity index (χ0v) is 7.49. The van der Waals surface area contributed by atoms with Crippen LogP contribution >= 0.6 is 0 Å². The van der Waals surface area contributed by atoms with Crippen LogP contribution in [0.2, 0.25) is 0 Å². The quantitative estimate of drug-likeness (QED) is 0.571. The summed E-state index contributed by atoms with van der Waals surface area (Å²) in [5.74, 6) is -0.353. The number of methoxy groups -OCH3 is 1. The van der Waals surface area contributed by atoms with E-state index in [2.05, 4.69) is 10.8 Å². The van der Waals surface area contributed by atoms with E-state index >= 15 is 0 Å². The summed E-state index contributed by atoms with van der Waals surface area (Å²) in [6.45, 7) is 0. The SMILES string of the molecule is COC(=O)C1=CCC(C#N)CC=C1. The van der Waals surface area contributed by atoms with E-state index in [1.54, 1.807) is 12.2 Å². The second-order valence-electron chi connectivity index (χ2n) is 2.85. The molecule has 0 fully saturated rings. The highest BCUT2D eigenvalue weighted by Gasteiger charge is 2.11. The minimum Gasteiger partial charge on any atom is -0.465 e. The Morgan fingerprint density at radius 2 is 2.46 bits per heavy atom. The van der Waals surface area contributed by atoms with Crippen molar-refractivity contribution < 1.29 is 9.53 Å². The second-order valence-corrected chi connectivity index (χ2v) is 2.85. The maximum Gasteiger partial charge on any atom is 0.337 e. The van der Waals surface area contributed by atoms with Gasteiger partial charge in [-0.25, -0.2) is 4.79 Å². The van der Waals surface area contributed by atoms with Gasteiger partial charge in [0.2, 0.25) is 0 Å². The third-order valence-electron chi connectivity index (χ3n) is 1.94. The van der Waals surface area contributed by atoms with E-state index in [1.165, 1.54) is 7.11 Å². The van der Waals surface area contributed by atoms with Crippen molar-refractivity contribution in [3.8, 4) is 6.07 Å². The lowest BCUT2D eigenvalue weighted by molar-refractivity contribution is -0.135. The normalized spacial score (nSPS) is 21.2. The number of rotatable bonds is 1. The Morgan fingerprint density at radius 3 is 3.08 bits per heavy atom. The monoisotopic (exact) mass is 177 g/mol. The summed E-state index contributed by atoms with van der Waals surface area (Å²) in [5, 5.41) is 8.67. The highest BCUT2D eigenvalue weighted by Crippen LogP contribution is 2.16. The summed E-state index contributed by atoms with van der Waals surface area (Å²) in [6, 6.07) is 2.17. The molecule has 0 saturated heterocycles. The van der Waals surface area contributed by atoms with Gasteiger partial charge in [-0.1, -0.05) is 18.2 Å². The molecule has 68 valence electrons. The van der Waals surface area contributed by atoms with Gasteiger partial charge in [0.1, 0.15) is 0 Å². The Balaban J connectivity index is 2.73.